The first-order valence-corrected chi connectivity index (χ1v) is 7.26. The molecule has 19 heavy (non-hydrogen) atoms. The maximum absolute atomic E-state index is 12.0. The zero-order valence-electron chi connectivity index (χ0n) is 11.4. The van der Waals surface area contributed by atoms with E-state index in [0.29, 0.717) is 17.4 Å². The van der Waals surface area contributed by atoms with Crippen LogP contribution in [0.15, 0.2) is 6.20 Å². The van der Waals surface area contributed by atoms with Gasteiger partial charge in [0.2, 0.25) is 0 Å². The van der Waals surface area contributed by atoms with Crippen LogP contribution < -0.4 is 5.32 Å². The molecule has 4 nitrogen and oxygen atoms in total. The average molecular weight is 282 g/mol. The van der Waals surface area contributed by atoms with Gasteiger partial charge in [0.05, 0.1) is 11.2 Å². The molecule has 0 unspecified atom stereocenters. The highest BCUT2D eigenvalue weighted by Gasteiger charge is 2.20. The van der Waals surface area contributed by atoms with E-state index in [0.717, 1.165) is 12.3 Å². The molecule has 0 aliphatic heterocycles. The summed E-state index contributed by atoms with van der Waals surface area (Å²) in [5, 5.41) is 3.18. The van der Waals surface area contributed by atoms with E-state index < -0.39 is 0 Å². The van der Waals surface area contributed by atoms with Gasteiger partial charge in [-0.3, -0.25) is 4.79 Å². The van der Waals surface area contributed by atoms with Gasteiger partial charge in [-0.1, -0.05) is 38.3 Å². The molecule has 1 heterocycles. The Hall–Kier alpha value is -1.16. The van der Waals surface area contributed by atoms with Crippen LogP contribution in [0, 0.1) is 5.92 Å². The van der Waals surface area contributed by atoms with Crippen molar-refractivity contribution in [2.24, 2.45) is 5.92 Å². The van der Waals surface area contributed by atoms with Crippen molar-refractivity contribution in [1.82, 2.24) is 15.3 Å². The van der Waals surface area contributed by atoms with E-state index in [1.165, 1.54) is 25.5 Å². The minimum atomic E-state index is -0.204. The molecule has 1 amide bonds. The summed E-state index contributed by atoms with van der Waals surface area (Å²) in [4.78, 5) is 20.4. The third kappa shape index (κ3) is 4.16. The standard InChI is InChI=1S/C14H20ClN3O/c1-9(2)13-17-8-11(15)12(18-13)14(19)16-7-3-4-10-5-6-10/h8-10H,3-7H2,1-2H3,(H,16,19). The molecule has 1 aromatic heterocycles. The largest absolute Gasteiger partial charge is 0.351 e. The van der Waals surface area contributed by atoms with Crippen molar-refractivity contribution in [3.05, 3.63) is 22.7 Å². The Balaban J connectivity index is 1.90. The molecular weight excluding hydrogens is 262 g/mol. The number of halogens is 1. The van der Waals surface area contributed by atoms with Crippen LogP contribution in [0.25, 0.3) is 0 Å². The van der Waals surface area contributed by atoms with Crippen LogP contribution >= 0.6 is 11.6 Å². The minimum Gasteiger partial charge on any atom is -0.351 e. The molecule has 1 fully saturated rings. The highest BCUT2D eigenvalue weighted by molar-refractivity contribution is 6.33. The summed E-state index contributed by atoms with van der Waals surface area (Å²) in [6, 6.07) is 0. The van der Waals surface area contributed by atoms with Crippen molar-refractivity contribution in [3.8, 4) is 0 Å². The topological polar surface area (TPSA) is 54.9 Å². The van der Waals surface area contributed by atoms with Gasteiger partial charge in [-0.05, 0) is 18.8 Å². The first kappa shape index (κ1) is 14.3. The van der Waals surface area contributed by atoms with Crippen LogP contribution in [0.4, 0.5) is 0 Å². The quantitative estimate of drug-likeness (QED) is 0.815. The fraction of sp³-hybridized carbons (Fsp3) is 0.643. The predicted molar refractivity (Wildman–Crippen MR) is 75.4 cm³/mol. The fourth-order valence-electron chi connectivity index (χ4n) is 1.90. The van der Waals surface area contributed by atoms with E-state index >= 15 is 0 Å². The lowest BCUT2D eigenvalue weighted by Crippen LogP contribution is -2.26. The lowest BCUT2D eigenvalue weighted by molar-refractivity contribution is 0.0947. The smallest absolute Gasteiger partial charge is 0.271 e. The summed E-state index contributed by atoms with van der Waals surface area (Å²) in [5.74, 6) is 1.52. The van der Waals surface area contributed by atoms with E-state index in [2.05, 4.69) is 15.3 Å². The molecule has 104 valence electrons. The van der Waals surface area contributed by atoms with Gasteiger partial charge in [0.25, 0.3) is 5.91 Å². The van der Waals surface area contributed by atoms with E-state index in [4.69, 9.17) is 11.6 Å². The number of carbonyl (C=O) groups excluding carboxylic acids is 1. The van der Waals surface area contributed by atoms with Gasteiger partial charge < -0.3 is 5.32 Å². The van der Waals surface area contributed by atoms with E-state index in [-0.39, 0.29) is 17.5 Å². The lowest BCUT2D eigenvalue weighted by Gasteiger charge is -2.08. The van der Waals surface area contributed by atoms with Gasteiger partial charge in [0.1, 0.15) is 11.5 Å². The Morgan fingerprint density at radius 2 is 2.26 bits per heavy atom. The summed E-state index contributed by atoms with van der Waals surface area (Å²) in [5.41, 5.74) is 0.284. The van der Waals surface area contributed by atoms with Crippen molar-refractivity contribution < 1.29 is 4.79 Å². The highest BCUT2D eigenvalue weighted by atomic mass is 35.5. The second-order valence-corrected chi connectivity index (χ2v) is 5.83. The van der Waals surface area contributed by atoms with Gasteiger partial charge >= 0.3 is 0 Å². The van der Waals surface area contributed by atoms with Crippen LogP contribution in [0.2, 0.25) is 5.02 Å². The van der Waals surface area contributed by atoms with Crippen LogP contribution in [-0.4, -0.2) is 22.4 Å². The van der Waals surface area contributed by atoms with Gasteiger partial charge in [-0.25, -0.2) is 9.97 Å². The first-order chi connectivity index (χ1) is 9.08. The van der Waals surface area contributed by atoms with Crippen molar-refractivity contribution in [2.75, 3.05) is 6.54 Å². The second kappa shape index (κ2) is 6.33. The predicted octanol–water partition coefficient (Wildman–Crippen LogP) is 3.17. The number of hydrogen-bond acceptors (Lipinski definition) is 3. The molecule has 0 bridgehead atoms. The summed E-state index contributed by atoms with van der Waals surface area (Å²) in [6.07, 6.45) is 6.43. The Labute approximate surface area is 119 Å². The van der Waals surface area contributed by atoms with Crippen molar-refractivity contribution in [2.45, 2.75) is 45.4 Å². The Kier molecular flexibility index (Phi) is 4.75. The molecule has 0 aromatic carbocycles. The third-order valence-electron chi connectivity index (χ3n) is 3.27. The molecule has 0 atom stereocenters. The summed E-state index contributed by atoms with van der Waals surface area (Å²) in [7, 11) is 0. The Bertz CT molecular complexity index is 458. The number of hydrogen-bond donors (Lipinski definition) is 1. The molecule has 1 saturated carbocycles. The number of nitrogens with one attached hydrogen (secondary N) is 1. The van der Waals surface area contributed by atoms with Crippen LogP contribution in [0.1, 0.15) is 61.8 Å². The van der Waals surface area contributed by atoms with E-state index in [9.17, 15) is 4.79 Å². The molecule has 0 spiro atoms. The van der Waals surface area contributed by atoms with Crippen LogP contribution in [0.5, 0.6) is 0 Å². The van der Waals surface area contributed by atoms with Crippen LogP contribution in [0.3, 0.4) is 0 Å². The molecule has 0 radical (unpaired) electrons. The van der Waals surface area contributed by atoms with Gasteiger partial charge in [-0.15, -0.1) is 0 Å². The summed E-state index contributed by atoms with van der Waals surface area (Å²) in [6.45, 7) is 4.66. The molecule has 2 rings (SSSR count). The third-order valence-corrected chi connectivity index (χ3v) is 3.54. The Morgan fingerprint density at radius 3 is 2.89 bits per heavy atom. The van der Waals surface area contributed by atoms with Crippen LogP contribution in [-0.2, 0) is 0 Å². The second-order valence-electron chi connectivity index (χ2n) is 5.42. The maximum atomic E-state index is 12.0. The van der Waals surface area contributed by atoms with Crippen molar-refractivity contribution >= 4 is 17.5 Å². The molecule has 1 aliphatic carbocycles. The number of amides is 1. The molecule has 5 heteroatoms. The molecular formula is C14H20ClN3O. The average Bonchev–Trinajstić information content (AvgIpc) is 3.18. The first-order valence-electron chi connectivity index (χ1n) is 6.88. The zero-order chi connectivity index (χ0) is 13.8. The summed E-state index contributed by atoms with van der Waals surface area (Å²) < 4.78 is 0. The van der Waals surface area contributed by atoms with E-state index in [1.807, 2.05) is 13.8 Å². The van der Waals surface area contributed by atoms with Crippen molar-refractivity contribution in [1.29, 1.82) is 0 Å². The maximum Gasteiger partial charge on any atom is 0.271 e. The number of aromatic nitrogens is 2. The zero-order valence-corrected chi connectivity index (χ0v) is 12.2. The van der Waals surface area contributed by atoms with Crippen molar-refractivity contribution in [3.63, 3.8) is 0 Å². The van der Waals surface area contributed by atoms with Gasteiger partial charge in [0, 0.05) is 12.5 Å². The minimum absolute atomic E-state index is 0.179. The summed E-state index contributed by atoms with van der Waals surface area (Å²) >= 11 is 5.98. The SMILES string of the molecule is CC(C)c1ncc(Cl)c(C(=O)NCCCC2CC2)n1. The van der Waals surface area contributed by atoms with E-state index in [1.54, 1.807) is 0 Å². The normalized spacial score (nSPS) is 14.7. The number of nitrogens with zero attached hydrogens (tertiary/aromatic N) is 2. The molecule has 0 saturated heterocycles. The number of carbonyl (C=O) groups is 1. The highest BCUT2D eigenvalue weighted by Crippen LogP contribution is 2.33. The monoisotopic (exact) mass is 281 g/mol. The fourth-order valence-corrected chi connectivity index (χ4v) is 2.08. The molecule has 1 N–H and O–H groups in total. The Morgan fingerprint density at radius 1 is 1.53 bits per heavy atom. The number of rotatable bonds is 6. The van der Waals surface area contributed by atoms with Gasteiger partial charge in [-0.2, -0.15) is 0 Å². The lowest BCUT2D eigenvalue weighted by atomic mass is 10.2. The molecule has 1 aliphatic rings. The molecule has 1 aromatic rings. The van der Waals surface area contributed by atoms with Gasteiger partial charge in [0.15, 0.2) is 0 Å².